The Bertz CT molecular complexity index is 372. The molecule has 2 N–H and O–H groups in total. The normalized spacial score (nSPS) is 17.3. The lowest BCUT2D eigenvalue weighted by Gasteiger charge is -2.23. The van der Waals surface area contributed by atoms with Crippen LogP contribution in [-0.4, -0.2) is 52.7 Å². The van der Waals surface area contributed by atoms with Crippen LogP contribution >= 0.6 is 0 Å². The molecule has 2 heterocycles. The number of carbonyl (C=O) groups is 1. The van der Waals surface area contributed by atoms with Crippen LogP contribution in [0.25, 0.3) is 0 Å². The Morgan fingerprint density at radius 2 is 2.16 bits per heavy atom. The molecule has 0 aliphatic carbocycles. The van der Waals surface area contributed by atoms with Crippen molar-refractivity contribution < 1.29 is 4.79 Å². The lowest BCUT2D eigenvalue weighted by Crippen LogP contribution is -2.44. The Kier molecular flexibility index (Phi) is 5.20. The van der Waals surface area contributed by atoms with Crippen molar-refractivity contribution in [3.05, 3.63) is 18.7 Å². The van der Waals surface area contributed by atoms with Gasteiger partial charge in [-0.2, -0.15) is 0 Å². The smallest absolute Gasteiger partial charge is 0.314 e. The van der Waals surface area contributed by atoms with Gasteiger partial charge in [0, 0.05) is 38.1 Å². The van der Waals surface area contributed by atoms with Crippen molar-refractivity contribution in [1.82, 2.24) is 25.1 Å². The minimum atomic E-state index is -0.0915. The van der Waals surface area contributed by atoms with Crippen molar-refractivity contribution in [3.8, 4) is 0 Å². The number of hydrogen-bond donors (Lipinski definition) is 2. The summed E-state index contributed by atoms with van der Waals surface area (Å²) in [6, 6.07) is 0.327. The average Bonchev–Trinajstić information content (AvgIpc) is 3.08. The monoisotopic (exact) mass is 265 g/mol. The number of nitrogens with one attached hydrogen (secondary N) is 2. The molecule has 1 aromatic rings. The van der Waals surface area contributed by atoms with E-state index in [4.69, 9.17) is 0 Å². The van der Waals surface area contributed by atoms with Gasteiger partial charge in [0.15, 0.2) is 0 Å². The van der Waals surface area contributed by atoms with Gasteiger partial charge >= 0.3 is 6.03 Å². The first-order valence-corrected chi connectivity index (χ1v) is 6.97. The SMILES string of the molecule is C[C@H](CNC(=O)NCCn1ccnc1)N1CCCC1. The molecule has 1 aliphatic rings. The number of likely N-dealkylation sites (tertiary alicyclic amines) is 1. The predicted molar refractivity (Wildman–Crippen MR) is 73.9 cm³/mol. The molecule has 0 spiro atoms. The molecule has 1 fully saturated rings. The highest BCUT2D eigenvalue weighted by Crippen LogP contribution is 2.10. The highest BCUT2D eigenvalue weighted by atomic mass is 16.2. The zero-order chi connectivity index (χ0) is 13.5. The Balaban J connectivity index is 1.56. The summed E-state index contributed by atoms with van der Waals surface area (Å²) in [5, 5.41) is 5.77. The number of imidazole rings is 1. The van der Waals surface area contributed by atoms with Crippen LogP contribution in [0, 0.1) is 0 Å². The van der Waals surface area contributed by atoms with Crippen LogP contribution in [0.1, 0.15) is 19.8 Å². The van der Waals surface area contributed by atoms with E-state index in [0.29, 0.717) is 19.1 Å². The first kappa shape index (κ1) is 13.9. The Hall–Kier alpha value is -1.56. The molecule has 0 radical (unpaired) electrons. The van der Waals surface area contributed by atoms with Gasteiger partial charge in [-0.05, 0) is 32.9 Å². The third-order valence-electron chi connectivity index (χ3n) is 3.54. The molecule has 0 saturated carbocycles. The van der Waals surface area contributed by atoms with Crippen molar-refractivity contribution in [1.29, 1.82) is 0 Å². The lowest BCUT2D eigenvalue weighted by atomic mass is 10.3. The summed E-state index contributed by atoms with van der Waals surface area (Å²) >= 11 is 0. The number of carbonyl (C=O) groups excluding carboxylic acids is 1. The third kappa shape index (κ3) is 4.55. The molecule has 1 aromatic heterocycles. The molecular weight excluding hydrogens is 242 g/mol. The molecule has 6 heteroatoms. The quantitative estimate of drug-likeness (QED) is 0.794. The number of nitrogens with zero attached hydrogens (tertiary/aromatic N) is 3. The Morgan fingerprint density at radius 3 is 2.84 bits per heavy atom. The average molecular weight is 265 g/mol. The highest BCUT2D eigenvalue weighted by Gasteiger charge is 2.18. The molecule has 0 unspecified atom stereocenters. The lowest BCUT2D eigenvalue weighted by molar-refractivity contribution is 0.226. The molecular formula is C13H23N5O. The standard InChI is InChI=1S/C13H23N5O/c1-12(18-6-2-3-7-18)10-16-13(19)15-5-9-17-8-4-14-11-17/h4,8,11-12H,2-3,5-7,9-10H2,1H3,(H2,15,16,19)/t12-/m1/s1. The molecule has 1 aliphatic heterocycles. The number of amides is 2. The van der Waals surface area contributed by atoms with Gasteiger partial charge in [0.25, 0.3) is 0 Å². The maximum absolute atomic E-state index is 11.6. The molecule has 106 valence electrons. The topological polar surface area (TPSA) is 62.2 Å². The van der Waals surface area contributed by atoms with Crippen molar-refractivity contribution >= 4 is 6.03 Å². The molecule has 19 heavy (non-hydrogen) atoms. The van der Waals surface area contributed by atoms with E-state index in [1.807, 2.05) is 10.8 Å². The van der Waals surface area contributed by atoms with Gasteiger partial charge in [0.2, 0.25) is 0 Å². The summed E-state index contributed by atoms with van der Waals surface area (Å²) in [5.74, 6) is 0. The molecule has 0 aromatic carbocycles. The second-order valence-electron chi connectivity index (χ2n) is 5.03. The number of hydrogen-bond acceptors (Lipinski definition) is 3. The summed E-state index contributed by atoms with van der Waals surface area (Å²) in [6.45, 7) is 6.54. The summed E-state index contributed by atoms with van der Waals surface area (Å²) < 4.78 is 1.94. The number of urea groups is 1. The van der Waals surface area contributed by atoms with Crippen LogP contribution in [0.2, 0.25) is 0 Å². The second kappa shape index (κ2) is 7.13. The van der Waals surface area contributed by atoms with Crippen molar-refractivity contribution in [2.75, 3.05) is 26.2 Å². The van der Waals surface area contributed by atoms with Crippen molar-refractivity contribution in [2.24, 2.45) is 0 Å². The summed E-state index contributed by atoms with van der Waals surface area (Å²) in [7, 11) is 0. The summed E-state index contributed by atoms with van der Waals surface area (Å²) in [6.07, 6.45) is 7.92. The fraction of sp³-hybridized carbons (Fsp3) is 0.692. The van der Waals surface area contributed by atoms with E-state index >= 15 is 0 Å². The fourth-order valence-corrected chi connectivity index (χ4v) is 2.33. The van der Waals surface area contributed by atoms with Gasteiger partial charge in [-0.1, -0.05) is 0 Å². The maximum Gasteiger partial charge on any atom is 0.314 e. The van der Waals surface area contributed by atoms with Gasteiger partial charge in [-0.15, -0.1) is 0 Å². The van der Waals surface area contributed by atoms with E-state index in [1.165, 1.54) is 12.8 Å². The summed E-state index contributed by atoms with van der Waals surface area (Å²) in [5.41, 5.74) is 0. The van der Waals surface area contributed by atoms with E-state index in [2.05, 4.69) is 27.4 Å². The third-order valence-corrected chi connectivity index (χ3v) is 3.54. The number of aromatic nitrogens is 2. The van der Waals surface area contributed by atoms with E-state index in [-0.39, 0.29) is 6.03 Å². The maximum atomic E-state index is 11.6. The van der Waals surface area contributed by atoms with Gasteiger partial charge in [0.1, 0.15) is 0 Å². The minimum Gasteiger partial charge on any atom is -0.337 e. The zero-order valence-corrected chi connectivity index (χ0v) is 11.5. The van der Waals surface area contributed by atoms with Crippen LogP contribution in [-0.2, 0) is 6.54 Å². The Morgan fingerprint density at radius 1 is 1.37 bits per heavy atom. The van der Waals surface area contributed by atoms with Crippen molar-refractivity contribution in [2.45, 2.75) is 32.4 Å². The number of rotatable bonds is 6. The van der Waals surface area contributed by atoms with E-state index in [9.17, 15) is 4.79 Å². The summed E-state index contributed by atoms with van der Waals surface area (Å²) in [4.78, 5) is 18.0. The molecule has 0 bridgehead atoms. The van der Waals surface area contributed by atoms with Gasteiger partial charge in [-0.25, -0.2) is 9.78 Å². The van der Waals surface area contributed by atoms with E-state index < -0.39 is 0 Å². The van der Waals surface area contributed by atoms with Crippen LogP contribution in [0.15, 0.2) is 18.7 Å². The Labute approximate surface area is 114 Å². The van der Waals surface area contributed by atoms with Gasteiger partial charge in [0.05, 0.1) is 6.33 Å². The molecule has 2 amide bonds. The fourth-order valence-electron chi connectivity index (χ4n) is 2.33. The zero-order valence-electron chi connectivity index (χ0n) is 11.5. The highest BCUT2D eigenvalue weighted by molar-refractivity contribution is 5.73. The molecule has 2 rings (SSSR count). The van der Waals surface area contributed by atoms with Gasteiger partial charge < -0.3 is 15.2 Å². The van der Waals surface area contributed by atoms with Crippen LogP contribution < -0.4 is 10.6 Å². The molecule has 1 atom stereocenters. The minimum absolute atomic E-state index is 0.0915. The molecule has 6 nitrogen and oxygen atoms in total. The predicted octanol–water partition coefficient (Wildman–Crippen LogP) is 0.667. The van der Waals surface area contributed by atoms with Crippen LogP contribution in [0.3, 0.4) is 0 Å². The van der Waals surface area contributed by atoms with E-state index in [0.717, 1.165) is 19.6 Å². The van der Waals surface area contributed by atoms with E-state index in [1.54, 1.807) is 12.5 Å². The first-order chi connectivity index (χ1) is 9.25. The van der Waals surface area contributed by atoms with Crippen LogP contribution in [0.4, 0.5) is 4.79 Å². The van der Waals surface area contributed by atoms with Crippen molar-refractivity contribution in [3.63, 3.8) is 0 Å². The molecule has 1 saturated heterocycles. The largest absolute Gasteiger partial charge is 0.337 e. The second-order valence-corrected chi connectivity index (χ2v) is 5.03. The van der Waals surface area contributed by atoms with Gasteiger partial charge in [-0.3, -0.25) is 4.90 Å². The first-order valence-electron chi connectivity index (χ1n) is 6.97. The van der Waals surface area contributed by atoms with Crippen LogP contribution in [0.5, 0.6) is 0 Å².